The van der Waals surface area contributed by atoms with Gasteiger partial charge in [0, 0.05) is 77.9 Å². The first-order valence-corrected chi connectivity index (χ1v) is 19.5. The van der Waals surface area contributed by atoms with Crippen LogP contribution in [0.2, 0.25) is 0 Å². The molecule has 1 heterocycles. The van der Waals surface area contributed by atoms with Crippen LogP contribution >= 0.6 is 0 Å². The van der Waals surface area contributed by atoms with E-state index in [-0.39, 0.29) is 130 Å². The molecule has 341 valence electrons. The molecule has 0 saturated carbocycles. The minimum Gasteiger partial charge on any atom is -0.756 e. The molecule has 0 saturated heterocycles. The number of hydroxylamine groups is 6. The van der Waals surface area contributed by atoms with Crippen molar-refractivity contribution in [3.63, 3.8) is 0 Å². The standard InChI is InChI=1S/C39H57N6O15.Fe/c1-25-13-19-58-37(52)31(40-28(4)46)11-8-17-44(56)35(50)23-27(3)15-21-60-39(54)33(42-30(6)48)12-9-18-45(57)36(51)24-26(2)14-20-59-38(53)32(41-29(5)47)10-7-16-43(55)34(49)22-25;/h22-24,31-33H,7-21H2,1-6H3,(H,40,46)(H,41,47)(H,42,48);/q-3;+3. The van der Waals surface area contributed by atoms with Gasteiger partial charge in [-0.1, -0.05) is 16.7 Å². The van der Waals surface area contributed by atoms with Crippen molar-refractivity contribution in [2.24, 2.45) is 0 Å². The molecule has 1 aliphatic heterocycles. The number of nitrogens with zero attached hydrogens (tertiary/aromatic N) is 3. The Morgan fingerprint density at radius 2 is 0.738 bits per heavy atom. The first-order chi connectivity index (χ1) is 28.2. The van der Waals surface area contributed by atoms with Gasteiger partial charge in [-0.25, -0.2) is 14.4 Å². The zero-order valence-electron chi connectivity index (χ0n) is 35.4. The fraction of sp³-hybridized carbons (Fsp3) is 0.615. The van der Waals surface area contributed by atoms with Crippen LogP contribution in [0.4, 0.5) is 0 Å². The van der Waals surface area contributed by atoms with Gasteiger partial charge in [-0.2, -0.15) is 0 Å². The van der Waals surface area contributed by atoms with Gasteiger partial charge in [-0.15, -0.1) is 0 Å². The number of amides is 6. The van der Waals surface area contributed by atoms with Crippen LogP contribution in [0.15, 0.2) is 34.9 Å². The van der Waals surface area contributed by atoms with E-state index in [1.165, 1.54) is 41.5 Å². The summed E-state index contributed by atoms with van der Waals surface area (Å²) in [6, 6.07) is -3.46. The smallest absolute Gasteiger partial charge is 0.756 e. The summed E-state index contributed by atoms with van der Waals surface area (Å²) in [4.78, 5) is 111. The Hall–Kier alpha value is -5.15. The molecule has 61 heavy (non-hydrogen) atoms. The van der Waals surface area contributed by atoms with E-state index in [4.69, 9.17) is 14.2 Å². The molecular weight excluding hydrogens is 848 g/mol. The number of nitrogens with one attached hydrogen (secondary N) is 3. The van der Waals surface area contributed by atoms with Crippen LogP contribution in [0.5, 0.6) is 0 Å². The molecule has 22 heteroatoms. The van der Waals surface area contributed by atoms with Gasteiger partial charge in [0.05, 0.1) is 19.8 Å². The van der Waals surface area contributed by atoms with E-state index in [1.54, 1.807) is 0 Å². The molecule has 6 amide bonds. The maximum absolute atomic E-state index is 12.8. The average molecular weight is 906 g/mol. The molecule has 0 aromatic rings. The quantitative estimate of drug-likeness (QED) is 0.205. The maximum atomic E-state index is 12.8. The first-order valence-electron chi connectivity index (χ1n) is 19.5. The van der Waals surface area contributed by atoms with Gasteiger partial charge in [-0.05, 0) is 59.3 Å². The zero-order valence-corrected chi connectivity index (χ0v) is 36.5. The van der Waals surface area contributed by atoms with E-state index in [2.05, 4.69) is 16.0 Å². The van der Waals surface area contributed by atoms with E-state index < -0.39 is 71.5 Å². The molecule has 1 aliphatic rings. The molecular formula is C39H57FeN6O15. The van der Waals surface area contributed by atoms with Crippen LogP contribution in [0, 0.1) is 15.6 Å². The summed E-state index contributed by atoms with van der Waals surface area (Å²) >= 11 is 0. The Bertz CT molecular complexity index is 1450. The molecule has 3 unspecified atom stereocenters. The Morgan fingerprint density at radius 1 is 0.508 bits per heavy atom. The summed E-state index contributed by atoms with van der Waals surface area (Å²) in [6.45, 7) is 6.46. The minimum absolute atomic E-state index is 0. The van der Waals surface area contributed by atoms with E-state index in [9.17, 15) is 58.8 Å². The zero-order chi connectivity index (χ0) is 45.4. The second kappa shape index (κ2) is 30.0. The number of hydrogen-bond donors (Lipinski definition) is 3. The normalized spacial score (nSPS) is 21.9. The van der Waals surface area contributed by atoms with Crippen molar-refractivity contribution in [2.45, 2.75) is 117 Å². The fourth-order valence-electron chi connectivity index (χ4n) is 5.44. The van der Waals surface area contributed by atoms with Crippen molar-refractivity contribution in [3.05, 3.63) is 50.6 Å². The Morgan fingerprint density at radius 3 is 0.951 bits per heavy atom. The second-order valence-corrected chi connectivity index (χ2v) is 14.2. The molecule has 3 atom stereocenters. The topological polar surface area (TPSA) is 296 Å². The summed E-state index contributed by atoms with van der Waals surface area (Å²) in [5.74, 6) is -6.86. The fourth-order valence-corrected chi connectivity index (χ4v) is 5.44. The Kier molecular flexibility index (Phi) is 27.4. The maximum Gasteiger partial charge on any atom is 3.00 e. The molecule has 0 aromatic heterocycles. The average Bonchev–Trinajstić information content (AvgIpc) is 3.15. The molecule has 0 spiro atoms. The predicted molar refractivity (Wildman–Crippen MR) is 214 cm³/mol. The molecule has 1 rings (SSSR count). The summed E-state index contributed by atoms with van der Waals surface area (Å²) in [5, 5.41) is 45.2. The molecule has 0 bridgehead atoms. The van der Waals surface area contributed by atoms with Crippen molar-refractivity contribution < 1.29 is 74.4 Å². The summed E-state index contributed by atoms with van der Waals surface area (Å²) in [5.41, 5.74) is 1.16. The van der Waals surface area contributed by atoms with E-state index in [1.807, 2.05) is 0 Å². The minimum atomic E-state index is -1.15. The van der Waals surface area contributed by atoms with Crippen molar-refractivity contribution >= 4 is 53.4 Å². The van der Waals surface area contributed by atoms with Gasteiger partial charge < -0.3 is 61.0 Å². The molecule has 0 fully saturated rings. The van der Waals surface area contributed by atoms with Crippen molar-refractivity contribution in [3.8, 4) is 0 Å². The van der Waals surface area contributed by atoms with Crippen LogP contribution in [0.1, 0.15) is 99.3 Å². The summed E-state index contributed by atoms with van der Waals surface area (Å²) in [7, 11) is 0. The number of ether oxygens (including phenoxy) is 3. The van der Waals surface area contributed by atoms with E-state index >= 15 is 0 Å². The van der Waals surface area contributed by atoms with Crippen molar-refractivity contribution in [1.82, 2.24) is 31.1 Å². The van der Waals surface area contributed by atoms with Gasteiger partial charge >= 0.3 is 35.0 Å². The number of carbonyl (C=O) groups is 9. The number of cyclic esters (lactones) is 3. The van der Waals surface area contributed by atoms with Gasteiger partial charge in [0.15, 0.2) is 0 Å². The predicted octanol–water partition coefficient (Wildman–Crippen LogP) is 1.47. The Balaban J connectivity index is 0.0000360. The van der Waals surface area contributed by atoms with Gasteiger partial charge in [-0.3, -0.25) is 28.8 Å². The molecule has 0 aromatic carbocycles. The first kappa shape index (κ1) is 55.8. The van der Waals surface area contributed by atoms with Crippen LogP contribution in [-0.4, -0.2) is 126 Å². The third-order valence-electron chi connectivity index (χ3n) is 8.62. The van der Waals surface area contributed by atoms with Gasteiger partial charge in [0.1, 0.15) is 18.1 Å². The van der Waals surface area contributed by atoms with E-state index in [0.717, 1.165) is 18.2 Å². The van der Waals surface area contributed by atoms with Crippen molar-refractivity contribution in [2.75, 3.05) is 39.5 Å². The number of carbonyl (C=O) groups excluding carboxylic acids is 9. The van der Waals surface area contributed by atoms with Gasteiger partial charge in [0.2, 0.25) is 35.4 Å². The van der Waals surface area contributed by atoms with Gasteiger partial charge in [0.25, 0.3) is 0 Å². The molecule has 0 aliphatic carbocycles. The van der Waals surface area contributed by atoms with E-state index in [0.29, 0.717) is 16.7 Å². The third-order valence-corrected chi connectivity index (χ3v) is 8.62. The SMILES string of the molecule is CC(=O)NC1CCCN([O-])C(=O)C=C(C)CCOC(=O)C(NC(C)=O)CCCN([O-])C(=O)C=C(C)CCOC(=O)C(NC(C)=O)CCCN([O-])C(=O)C=C(C)CCOC1=O.[Fe+3]. The van der Waals surface area contributed by atoms with Crippen LogP contribution < -0.4 is 16.0 Å². The van der Waals surface area contributed by atoms with Crippen LogP contribution in [0.25, 0.3) is 0 Å². The van der Waals surface area contributed by atoms with Crippen LogP contribution in [-0.2, 0) is 74.4 Å². The van der Waals surface area contributed by atoms with Crippen LogP contribution in [0.3, 0.4) is 0 Å². The van der Waals surface area contributed by atoms with Crippen molar-refractivity contribution in [1.29, 1.82) is 0 Å². The monoisotopic (exact) mass is 905 g/mol. The summed E-state index contributed by atoms with van der Waals surface area (Å²) < 4.78 is 15.8. The third kappa shape index (κ3) is 24.6. The number of esters is 3. The number of rotatable bonds is 3. The Labute approximate surface area is 365 Å². The number of hydrogen-bond acceptors (Lipinski definition) is 15. The molecule has 21 nitrogen and oxygen atoms in total. The largest absolute Gasteiger partial charge is 3.00 e. The molecule has 3 N–H and O–H groups in total. The molecule has 1 radical (unpaired) electrons. The second-order valence-electron chi connectivity index (χ2n) is 14.2. The summed E-state index contributed by atoms with van der Waals surface area (Å²) in [6.07, 6.45) is 3.14.